The highest BCUT2D eigenvalue weighted by atomic mass is 19.4. The second kappa shape index (κ2) is 14.3. The van der Waals surface area contributed by atoms with E-state index in [2.05, 4.69) is 25.8 Å². The molecule has 1 fully saturated rings. The van der Waals surface area contributed by atoms with Crippen molar-refractivity contribution in [3.8, 4) is 11.6 Å². The molecule has 0 aliphatic carbocycles. The number of halogens is 6. The summed E-state index contributed by atoms with van der Waals surface area (Å²) in [6.07, 6.45) is -8.32. The number of alkyl halides is 6. The second-order valence-corrected chi connectivity index (χ2v) is 12.9. The van der Waals surface area contributed by atoms with Crippen LogP contribution >= 0.6 is 0 Å². The number of benzene rings is 1. The number of pyridine rings is 1. The number of fused-ring (bicyclic) bond motifs is 5. The molecule has 2 amide bonds. The summed E-state index contributed by atoms with van der Waals surface area (Å²) in [5.74, 6) is -3.13. The van der Waals surface area contributed by atoms with Crippen LogP contribution < -0.4 is 10.6 Å². The summed E-state index contributed by atoms with van der Waals surface area (Å²) in [6, 6.07) is 7.31. The summed E-state index contributed by atoms with van der Waals surface area (Å²) in [5, 5.41) is 12.2. The molecule has 4 heterocycles. The average Bonchev–Trinajstić information content (AvgIpc) is 3.74. The topological polar surface area (TPSA) is 132 Å². The van der Waals surface area contributed by atoms with Crippen molar-refractivity contribution in [2.45, 2.75) is 89.1 Å². The molecule has 2 N–H and O–H groups in total. The number of carbonyl (C=O) groups is 2. The fourth-order valence-corrected chi connectivity index (χ4v) is 5.54. The summed E-state index contributed by atoms with van der Waals surface area (Å²) < 4.78 is 106. The van der Waals surface area contributed by atoms with E-state index in [0.717, 1.165) is 0 Å². The number of ether oxygens (including phenoxy) is 2. The van der Waals surface area contributed by atoms with Crippen molar-refractivity contribution in [1.29, 1.82) is 0 Å². The van der Waals surface area contributed by atoms with Crippen LogP contribution in [0.5, 0.6) is 0 Å². The van der Waals surface area contributed by atoms with E-state index >= 15 is 13.2 Å². The summed E-state index contributed by atoms with van der Waals surface area (Å²) in [7, 11) is 0. The fraction of sp³-hybridized carbons (Fsp3) is 0.485. The molecule has 0 saturated carbocycles. The van der Waals surface area contributed by atoms with Gasteiger partial charge in [0.05, 0.1) is 17.9 Å². The Bertz CT molecular complexity index is 1700. The van der Waals surface area contributed by atoms with Gasteiger partial charge in [-0.2, -0.15) is 26.3 Å². The maximum atomic E-state index is 15.1. The Morgan fingerprint density at radius 2 is 1.74 bits per heavy atom. The number of nitrogens with one attached hydrogen (secondary N) is 2. The van der Waals surface area contributed by atoms with Gasteiger partial charge in [0, 0.05) is 13.1 Å². The third-order valence-corrected chi connectivity index (χ3v) is 7.95. The van der Waals surface area contributed by atoms with Crippen LogP contribution in [-0.4, -0.2) is 63.0 Å². The monoisotopic (exact) mass is 710 g/mol. The second-order valence-electron chi connectivity index (χ2n) is 12.9. The summed E-state index contributed by atoms with van der Waals surface area (Å²) in [6.45, 7) is 4.83. The van der Waals surface area contributed by atoms with Gasteiger partial charge in [-0.3, -0.25) is 10.1 Å². The molecular weight excluding hydrogens is 674 g/mol. The lowest BCUT2D eigenvalue weighted by molar-refractivity contribution is -0.299. The van der Waals surface area contributed by atoms with Crippen molar-refractivity contribution in [2.75, 3.05) is 23.7 Å². The van der Waals surface area contributed by atoms with E-state index in [4.69, 9.17) is 13.9 Å². The molecule has 2 aliphatic rings. The Morgan fingerprint density at radius 3 is 2.38 bits per heavy atom. The van der Waals surface area contributed by atoms with E-state index < -0.39 is 89.2 Å². The Kier molecular flexibility index (Phi) is 10.5. The molecule has 50 heavy (non-hydrogen) atoms. The number of aromatic nitrogens is 3. The molecule has 4 bridgehead atoms. The number of nitrogens with zero attached hydrogens (tertiary/aromatic N) is 4. The van der Waals surface area contributed by atoms with Gasteiger partial charge in [-0.25, -0.2) is 9.78 Å². The van der Waals surface area contributed by atoms with Crippen LogP contribution in [0, 0.1) is 0 Å². The van der Waals surface area contributed by atoms with Crippen LogP contribution in [0.2, 0.25) is 0 Å². The van der Waals surface area contributed by atoms with Gasteiger partial charge in [0.25, 0.3) is 11.8 Å². The molecule has 5 rings (SSSR count). The lowest BCUT2D eigenvalue weighted by atomic mass is 9.95. The maximum Gasteiger partial charge on any atom is 0.426 e. The number of anilines is 2. The van der Waals surface area contributed by atoms with E-state index in [1.807, 2.05) is 0 Å². The highest BCUT2D eigenvalue weighted by Gasteiger charge is 2.61. The van der Waals surface area contributed by atoms with Gasteiger partial charge in [0.2, 0.25) is 11.5 Å². The fourth-order valence-electron chi connectivity index (χ4n) is 5.54. The van der Waals surface area contributed by atoms with Crippen molar-refractivity contribution < 1.29 is 49.8 Å². The zero-order chi connectivity index (χ0) is 36.3. The minimum atomic E-state index is -5.12. The first-order valence-electron chi connectivity index (χ1n) is 15.9. The number of carbonyl (C=O) groups excluding carboxylic acids is 2. The molecule has 2 aliphatic heterocycles. The first-order chi connectivity index (χ1) is 23.5. The van der Waals surface area contributed by atoms with Gasteiger partial charge < -0.3 is 24.1 Å². The molecule has 0 spiro atoms. The predicted molar refractivity (Wildman–Crippen MR) is 168 cm³/mol. The van der Waals surface area contributed by atoms with E-state index in [1.165, 1.54) is 37.8 Å². The largest absolute Gasteiger partial charge is 0.444 e. The standard InChI is InChI=1S/C33H36F6N6O5/c1-30(2,3)50-29(47)41-23-18-21(32(34,35)36)25-40-22(27(46)45-16-10-11-17-45)14-8-5-9-15-31(33(37,38)39,48-19-20-12-6-4-7-13-20)28-44-43-26(49-28)24(23)42-25/h4-8,12-13,18,22H,9-11,14-17,19H2,1-3H3,(H,40,42)(H,41,47)/t22?,31-/m1/s1. The molecule has 270 valence electrons. The van der Waals surface area contributed by atoms with Crippen LogP contribution in [0.3, 0.4) is 0 Å². The van der Waals surface area contributed by atoms with E-state index in [1.54, 1.807) is 30.3 Å². The predicted octanol–water partition coefficient (Wildman–Crippen LogP) is 7.61. The molecule has 3 aromatic rings. The number of hydrogen-bond donors (Lipinski definition) is 2. The minimum absolute atomic E-state index is 0.177. The molecule has 2 atom stereocenters. The first kappa shape index (κ1) is 36.6. The van der Waals surface area contributed by atoms with E-state index in [9.17, 15) is 22.8 Å². The number of allylic oxidation sites excluding steroid dienone is 1. The van der Waals surface area contributed by atoms with Gasteiger partial charge in [-0.05, 0) is 64.5 Å². The molecule has 1 unspecified atom stereocenters. The normalized spacial score (nSPS) is 20.2. The number of amides is 2. The molecule has 11 nitrogen and oxygen atoms in total. The molecule has 17 heteroatoms. The molecular formula is C33H36F6N6O5. The molecule has 1 aromatic carbocycles. The zero-order valence-electron chi connectivity index (χ0n) is 27.5. The van der Waals surface area contributed by atoms with Gasteiger partial charge in [-0.1, -0.05) is 42.5 Å². The smallest absolute Gasteiger partial charge is 0.426 e. The lowest BCUT2D eigenvalue weighted by Gasteiger charge is -2.32. The van der Waals surface area contributed by atoms with Gasteiger partial charge in [0.15, 0.2) is 5.69 Å². The Morgan fingerprint density at radius 1 is 1.04 bits per heavy atom. The van der Waals surface area contributed by atoms with Crippen molar-refractivity contribution in [1.82, 2.24) is 20.1 Å². The summed E-state index contributed by atoms with van der Waals surface area (Å²) in [4.78, 5) is 31.9. The Balaban J connectivity index is 1.69. The van der Waals surface area contributed by atoms with Crippen LogP contribution in [0.15, 0.2) is 53.0 Å². The van der Waals surface area contributed by atoms with Crippen LogP contribution in [-0.2, 0) is 32.7 Å². The van der Waals surface area contributed by atoms with Crippen molar-refractivity contribution in [2.24, 2.45) is 0 Å². The van der Waals surface area contributed by atoms with E-state index in [-0.39, 0.29) is 12.8 Å². The highest BCUT2D eigenvalue weighted by Crippen LogP contribution is 2.47. The first-order valence-corrected chi connectivity index (χ1v) is 15.9. The molecule has 1 saturated heterocycles. The van der Waals surface area contributed by atoms with Crippen molar-refractivity contribution in [3.05, 3.63) is 65.6 Å². The van der Waals surface area contributed by atoms with Crippen LogP contribution in [0.4, 0.5) is 42.6 Å². The van der Waals surface area contributed by atoms with Gasteiger partial charge >= 0.3 is 18.4 Å². The summed E-state index contributed by atoms with van der Waals surface area (Å²) in [5.41, 5.74) is -6.46. The third-order valence-electron chi connectivity index (χ3n) is 7.95. The van der Waals surface area contributed by atoms with Gasteiger partial charge in [-0.15, -0.1) is 10.2 Å². The SMILES string of the molecule is CC(C)(C)OC(=O)Nc1cc(C(F)(F)F)c2nc1-c1nnc(o1)[C@@](OCc1ccccc1)(C(F)(F)F)CCC=CCC(C(=O)N1CCCC1)N2. The van der Waals surface area contributed by atoms with Crippen molar-refractivity contribution in [3.63, 3.8) is 0 Å². The number of rotatable bonds is 5. The molecule has 0 radical (unpaired) electrons. The maximum absolute atomic E-state index is 15.1. The lowest BCUT2D eigenvalue weighted by Crippen LogP contribution is -2.45. The van der Waals surface area contributed by atoms with Crippen LogP contribution in [0.1, 0.15) is 69.9 Å². The van der Waals surface area contributed by atoms with Crippen molar-refractivity contribution >= 4 is 23.5 Å². The van der Waals surface area contributed by atoms with Gasteiger partial charge in [0.1, 0.15) is 17.5 Å². The Labute approximate surface area is 283 Å². The third kappa shape index (κ3) is 8.37. The average molecular weight is 711 g/mol. The van der Waals surface area contributed by atoms with E-state index in [0.29, 0.717) is 37.6 Å². The summed E-state index contributed by atoms with van der Waals surface area (Å²) >= 11 is 0. The molecule has 2 aromatic heterocycles. The Hall–Kier alpha value is -4.67. The quantitative estimate of drug-likeness (QED) is 0.203. The number of hydrogen-bond acceptors (Lipinski definition) is 9. The zero-order valence-corrected chi connectivity index (χ0v) is 27.5. The number of likely N-dealkylation sites (tertiary alicyclic amines) is 1. The minimum Gasteiger partial charge on any atom is -0.444 e. The highest BCUT2D eigenvalue weighted by molar-refractivity contribution is 5.91. The van der Waals surface area contributed by atoms with Crippen LogP contribution in [0.25, 0.3) is 11.6 Å².